The predicted molar refractivity (Wildman–Crippen MR) is 126 cm³/mol. The molecule has 2 aromatic carbocycles. The Bertz CT molecular complexity index is 1510. The first-order valence-electron chi connectivity index (χ1n) is 11.0. The van der Waals surface area contributed by atoms with E-state index in [1.54, 1.807) is 35.0 Å². The summed E-state index contributed by atoms with van der Waals surface area (Å²) in [7, 11) is 0. The van der Waals surface area contributed by atoms with Crippen LogP contribution in [0.25, 0.3) is 28.2 Å². The summed E-state index contributed by atoms with van der Waals surface area (Å²) in [6.45, 7) is 2.23. The zero-order valence-corrected chi connectivity index (χ0v) is 18.1. The Hall–Kier alpha value is -4.37. The molecule has 4 heterocycles. The van der Waals surface area contributed by atoms with Crippen LogP contribution < -0.4 is 10.6 Å². The molecule has 0 aliphatic carbocycles. The second kappa shape index (κ2) is 8.20. The number of amides is 1. The van der Waals surface area contributed by atoms with Crippen LogP contribution in [-0.4, -0.2) is 36.8 Å². The van der Waals surface area contributed by atoms with Gasteiger partial charge >= 0.3 is 0 Å². The lowest BCUT2D eigenvalue weighted by atomic mass is 10.0. The minimum Gasteiger partial charge on any atom is -0.309 e. The second-order valence-corrected chi connectivity index (χ2v) is 8.04. The van der Waals surface area contributed by atoms with E-state index < -0.39 is 0 Å². The third-order valence-electron chi connectivity index (χ3n) is 5.82. The smallest absolute Gasteiger partial charge is 0.256 e. The number of rotatable bonds is 4. The van der Waals surface area contributed by atoms with Crippen molar-refractivity contribution in [1.82, 2.24) is 29.7 Å². The summed E-state index contributed by atoms with van der Waals surface area (Å²) in [5, 5.41) is 15.8. The third-order valence-corrected chi connectivity index (χ3v) is 5.82. The summed E-state index contributed by atoms with van der Waals surface area (Å²) in [4.78, 5) is 17.0. The molecule has 0 spiro atoms. The lowest BCUT2D eigenvalue weighted by molar-refractivity contribution is 0.102. The van der Waals surface area contributed by atoms with E-state index >= 15 is 0 Å². The molecular weight excluding hydrogens is 433 g/mol. The highest BCUT2D eigenvalue weighted by Gasteiger charge is 2.24. The van der Waals surface area contributed by atoms with Crippen molar-refractivity contribution in [2.45, 2.75) is 13.1 Å². The average molecular weight is 453 g/mol. The largest absolute Gasteiger partial charge is 0.309 e. The van der Waals surface area contributed by atoms with E-state index in [9.17, 15) is 9.18 Å². The van der Waals surface area contributed by atoms with Gasteiger partial charge in [-0.1, -0.05) is 18.2 Å². The quantitative estimate of drug-likeness (QED) is 0.433. The number of imidazole rings is 1. The van der Waals surface area contributed by atoms with Crippen LogP contribution in [0.2, 0.25) is 0 Å². The first-order valence-corrected chi connectivity index (χ1v) is 11.0. The standard InChI is InChI=1S/C25H20FN7O/c26-18-8-6-16(7-9-18)24-23(20-14-27-12-13-32(20)31-24)19-10-11-22-28-21(15-33(22)30-19)29-25(34)17-4-2-1-3-5-17/h1-11,15,27H,12-14H2,(H,29,34). The summed E-state index contributed by atoms with van der Waals surface area (Å²) >= 11 is 0. The summed E-state index contributed by atoms with van der Waals surface area (Å²) in [6.07, 6.45) is 1.69. The van der Waals surface area contributed by atoms with Gasteiger partial charge in [0.25, 0.3) is 5.91 Å². The van der Waals surface area contributed by atoms with Crippen LogP contribution in [0.5, 0.6) is 0 Å². The number of hydrogen-bond donors (Lipinski definition) is 2. The number of carbonyl (C=O) groups excluding carboxylic acids is 1. The monoisotopic (exact) mass is 453 g/mol. The van der Waals surface area contributed by atoms with Gasteiger partial charge in [-0.3, -0.25) is 9.48 Å². The van der Waals surface area contributed by atoms with Crippen molar-refractivity contribution in [2.75, 3.05) is 11.9 Å². The Labute approximate surface area is 194 Å². The summed E-state index contributed by atoms with van der Waals surface area (Å²) in [5.41, 5.74) is 5.37. The average Bonchev–Trinajstić information content (AvgIpc) is 3.45. The van der Waals surface area contributed by atoms with Crippen LogP contribution >= 0.6 is 0 Å². The molecule has 1 aliphatic rings. The van der Waals surface area contributed by atoms with Gasteiger partial charge in [0.15, 0.2) is 11.5 Å². The molecule has 0 saturated heterocycles. The van der Waals surface area contributed by atoms with Crippen molar-refractivity contribution in [3.05, 3.63) is 90.0 Å². The number of nitrogens with one attached hydrogen (secondary N) is 2. The van der Waals surface area contributed by atoms with Crippen LogP contribution in [0.15, 0.2) is 72.9 Å². The number of anilines is 1. The van der Waals surface area contributed by atoms with Crippen molar-refractivity contribution < 1.29 is 9.18 Å². The Morgan fingerprint density at radius 3 is 2.65 bits per heavy atom. The van der Waals surface area contributed by atoms with Crippen LogP contribution in [0.3, 0.4) is 0 Å². The van der Waals surface area contributed by atoms with E-state index in [-0.39, 0.29) is 11.7 Å². The molecule has 0 bridgehead atoms. The summed E-state index contributed by atoms with van der Waals surface area (Å²) in [6, 6.07) is 19.1. The van der Waals surface area contributed by atoms with E-state index in [1.807, 2.05) is 35.0 Å². The third kappa shape index (κ3) is 3.61. The molecule has 0 radical (unpaired) electrons. The van der Waals surface area contributed by atoms with Gasteiger partial charge in [0.2, 0.25) is 0 Å². The minimum atomic E-state index is -0.293. The van der Waals surface area contributed by atoms with Gasteiger partial charge in [-0.05, 0) is 48.5 Å². The maximum atomic E-state index is 13.5. The maximum Gasteiger partial charge on any atom is 0.256 e. The molecule has 0 unspecified atom stereocenters. The zero-order valence-electron chi connectivity index (χ0n) is 18.1. The van der Waals surface area contributed by atoms with Crippen molar-refractivity contribution >= 4 is 17.4 Å². The molecule has 0 fully saturated rings. The fraction of sp³-hybridized carbons (Fsp3) is 0.120. The first-order chi connectivity index (χ1) is 16.7. The Morgan fingerprint density at radius 1 is 1.00 bits per heavy atom. The number of hydrogen-bond acceptors (Lipinski definition) is 5. The first kappa shape index (κ1) is 20.3. The molecule has 168 valence electrons. The number of fused-ring (bicyclic) bond motifs is 2. The maximum absolute atomic E-state index is 13.5. The fourth-order valence-corrected chi connectivity index (χ4v) is 4.19. The van der Waals surface area contributed by atoms with Gasteiger partial charge in [-0.15, -0.1) is 0 Å². The van der Waals surface area contributed by atoms with Crippen molar-refractivity contribution in [2.24, 2.45) is 0 Å². The number of nitrogens with zero attached hydrogens (tertiary/aromatic N) is 5. The molecule has 6 rings (SSSR count). The number of aromatic nitrogens is 5. The lowest BCUT2D eigenvalue weighted by Gasteiger charge is -2.15. The Kier molecular flexibility index (Phi) is 4.88. The van der Waals surface area contributed by atoms with Crippen molar-refractivity contribution in [1.29, 1.82) is 0 Å². The van der Waals surface area contributed by atoms with E-state index in [4.69, 9.17) is 10.2 Å². The van der Waals surface area contributed by atoms with Crippen LogP contribution in [0.1, 0.15) is 16.1 Å². The molecule has 34 heavy (non-hydrogen) atoms. The van der Waals surface area contributed by atoms with E-state index in [2.05, 4.69) is 15.6 Å². The molecule has 5 aromatic rings. The molecule has 9 heteroatoms. The van der Waals surface area contributed by atoms with Crippen LogP contribution in [0, 0.1) is 5.82 Å². The minimum absolute atomic E-state index is 0.236. The highest BCUT2D eigenvalue weighted by atomic mass is 19.1. The normalized spacial score (nSPS) is 13.1. The van der Waals surface area contributed by atoms with Gasteiger partial charge in [0.05, 0.1) is 29.7 Å². The molecule has 0 saturated carbocycles. The van der Waals surface area contributed by atoms with Gasteiger partial charge in [0.1, 0.15) is 11.5 Å². The van der Waals surface area contributed by atoms with Gasteiger partial charge in [0, 0.05) is 24.2 Å². The SMILES string of the molecule is O=C(Nc1cn2nc(-c3c(-c4ccc(F)cc4)nn4c3CNCC4)ccc2n1)c1ccccc1. The van der Waals surface area contributed by atoms with Crippen LogP contribution in [-0.2, 0) is 13.1 Å². The number of halogens is 1. The lowest BCUT2D eigenvalue weighted by Crippen LogP contribution is -2.28. The van der Waals surface area contributed by atoms with Crippen molar-refractivity contribution in [3.8, 4) is 22.5 Å². The molecule has 0 atom stereocenters. The van der Waals surface area contributed by atoms with Crippen molar-refractivity contribution in [3.63, 3.8) is 0 Å². The van der Waals surface area contributed by atoms with E-state index in [0.717, 1.165) is 41.3 Å². The number of carbonyl (C=O) groups is 1. The topological polar surface area (TPSA) is 89.1 Å². The molecule has 3 aromatic heterocycles. The highest BCUT2D eigenvalue weighted by molar-refractivity contribution is 6.03. The van der Waals surface area contributed by atoms with E-state index in [0.29, 0.717) is 23.6 Å². The van der Waals surface area contributed by atoms with Gasteiger partial charge in [-0.25, -0.2) is 13.9 Å². The Morgan fingerprint density at radius 2 is 1.82 bits per heavy atom. The molecular formula is C25H20FN7O. The fourth-order valence-electron chi connectivity index (χ4n) is 4.19. The number of benzene rings is 2. The van der Waals surface area contributed by atoms with E-state index in [1.165, 1.54) is 12.1 Å². The summed E-state index contributed by atoms with van der Waals surface area (Å²) in [5.74, 6) is -0.116. The highest BCUT2D eigenvalue weighted by Crippen LogP contribution is 2.34. The molecule has 1 aliphatic heterocycles. The van der Waals surface area contributed by atoms with Gasteiger partial charge < -0.3 is 10.6 Å². The Balaban J connectivity index is 1.40. The molecule has 1 amide bonds. The molecule has 2 N–H and O–H groups in total. The predicted octanol–water partition coefficient (Wildman–Crippen LogP) is 3.75. The van der Waals surface area contributed by atoms with Gasteiger partial charge in [-0.2, -0.15) is 10.2 Å². The second-order valence-electron chi connectivity index (χ2n) is 8.04. The van der Waals surface area contributed by atoms with Crippen LogP contribution in [0.4, 0.5) is 10.2 Å². The summed E-state index contributed by atoms with van der Waals surface area (Å²) < 4.78 is 17.2. The molecule has 8 nitrogen and oxygen atoms in total. The zero-order chi connectivity index (χ0) is 23.1.